The van der Waals surface area contributed by atoms with E-state index in [-0.39, 0.29) is 5.69 Å². The van der Waals surface area contributed by atoms with E-state index in [0.29, 0.717) is 23.5 Å². The van der Waals surface area contributed by atoms with Crippen LogP contribution in [0.3, 0.4) is 0 Å². The van der Waals surface area contributed by atoms with Crippen LogP contribution in [-0.2, 0) is 6.54 Å². The number of anilines is 2. The average molecular weight is 393 g/mol. The maximum atomic E-state index is 13.6. The minimum absolute atomic E-state index is 0.115. The zero-order valence-corrected chi connectivity index (χ0v) is 14.4. The molecule has 0 spiro atoms. The maximum absolute atomic E-state index is 13.6. The van der Waals surface area contributed by atoms with Crippen LogP contribution in [-0.4, -0.2) is 15.9 Å². The number of nitrogens with zero attached hydrogens (tertiary/aromatic N) is 2. The summed E-state index contributed by atoms with van der Waals surface area (Å²) < 4.78 is 39.7. The van der Waals surface area contributed by atoms with Gasteiger partial charge < -0.3 is 10.6 Å². The van der Waals surface area contributed by atoms with Crippen LogP contribution < -0.4 is 10.6 Å². The Morgan fingerprint density at radius 3 is 2.37 bits per heavy atom. The molecule has 0 radical (unpaired) electrons. The van der Waals surface area contributed by atoms with Crippen LogP contribution in [0.25, 0.3) is 0 Å². The Morgan fingerprint density at radius 1 is 0.963 bits per heavy atom. The Bertz CT molecular complexity index is 966. The molecule has 0 aliphatic heterocycles. The van der Waals surface area contributed by atoms with Crippen molar-refractivity contribution in [3.05, 3.63) is 82.5 Å². The van der Waals surface area contributed by atoms with E-state index < -0.39 is 29.0 Å². The van der Waals surface area contributed by atoms with Gasteiger partial charge in [-0.05, 0) is 29.8 Å². The minimum Gasteiger partial charge on any atom is -0.365 e. The van der Waals surface area contributed by atoms with Crippen LogP contribution in [0, 0.1) is 17.5 Å². The first-order valence-electron chi connectivity index (χ1n) is 7.69. The number of halogens is 4. The van der Waals surface area contributed by atoms with Crippen molar-refractivity contribution in [3.63, 3.8) is 0 Å². The van der Waals surface area contributed by atoms with Gasteiger partial charge in [0.1, 0.15) is 11.5 Å². The summed E-state index contributed by atoms with van der Waals surface area (Å²) in [6, 6.07) is 8.84. The molecule has 0 fully saturated rings. The lowest BCUT2D eigenvalue weighted by Gasteiger charge is -2.08. The van der Waals surface area contributed by atoms with E-state index in [1.807, 2.05) is 12.1 Å². The van der Waals surface area contributed by atoms with Gasteiger partial charge in [0.25, 0.3) is 5.91 Å². The lowest BCUT2D eigenvalue weighted by Crippen LogP contribution is -2.16. The summed E-state index contributed by atoms with van der Waals surface area (Å²) in [4.78, 5) is 20.0. The van der Waals surface area contributed by atoms with Gasteiger partial charge in [0.15, 0.2) is 17.5 Å². The Morgan fingerprint density at radius 2 is 1.70 bits per heavy atom. The first-order chi connectivity index (χ1) is 12.9. The first kappa shape index (κ1) is 18.7. The number of benzene rings is 2. The number of hydrogen-bond donors (Lipinski definition) is 2. The molecule has 1 aromatic heterocycles. The van der Waals surface area contributed by atoms with Crippen LogP contribution >= 0.6 is 11.6 Å². The average Bonchev–Trinajstić information content (AvgIpc) is 2.68. The number of carbonyl (C=O) groups is 1. The lowest BCUT2D eigenvalue weighted by atomic mass is 10.2. The molecule has 0 aliphatic carbocycles. The summed E-state index contributed by atoms with van der Waals surface area (Å²) in [5.41, 5.74) is 0.360. The predicted octanol–water partition coefficient (Wildman–Crippen LogP) is 4.41. The van der Waals surface area contributed by atoms with E-state index in [2.05, 4.69) is 20.6 Å². The molecule has 3 rings (SSSR count). The van der Waals surface area contributed by atoms with Crippen molar-refractivity contribution >= 4 is 29.0 Å². The van der Waals surface area contributed by atoms with Crippen molar-refractivity contribution in [1.29, 1.82) is 0 Å². The molecule has 0 unspecified atom stereocenters. The third kappa shape index (κ3) is 4.53. The highest BCUT2D eigenvalue weighted by molar-refractivity contribution is 6.30. The van der Waals surface area contributed by atoms with Crippen LogP contribution in [0.5, 0.6) is 0 Å². The van der Waals surface area contributed by atoms with Crippen LogP contribution in [0.2, 0.25) is 5.02 Å². The van der Waals surface area contributed by atoms with Crippen molar-refractivity contribution < 1.29 is 18.0 Å². The second-order valence-electron chi connectivity index (χ2n) is 5.44. The summed E-state index contributed by atoms with van der Waals surface area (Å²) in [5, 5.41) is 5.77. The van der Waals surface area contributed by atoms with Crippen LogP contribution in [0.1, 0.15) is 16.1 Å². The molecule has 0 saturated heterocycles. The summed E-state index contributed by atoms with van der Waals surface area (Å²) >= 11 is 5.82. The Kier molecular flexibility index (Phi) is 5.56. The van der Waals surface area contributed by atoms with Gasteiger partial charge in [-0.15, -0.1) is 0 Å². The summed E-state index contributed by atoms with van der Waals surface area (Å²) in [5.74, 6) is -4.89. The molecule has 1 heterocycles. The summed E-state index contributed by atoms with van der Waals surface area (Å²) in [6.45, 7) is 0.470. The summed E-state index contributed by atoms with van der Waals surface area (Å²) in [7, 11) is 0. The zero-order chi connectivity index (χ0) is 19.4. The number of amides is 1. The third-order valence-corrected chi connectivity index (χ3v) is 3.81. The van der Waals surface area contributed by atoms with E-state index in [4.69, 9.17) is 11.6 Å². The van der Waals surface area contributed by atoms with Crippen molar-refractivity contribution in [1.82, 2.24) is 9.97 Å². The number of aromatic nitrogens is 2. The molecular formula is C18H12ClF3N4O. The van der Waals surface area contributed by atoms with E-state index in [1.165, 1.54) is 12.4 Å². The fourth-order valence-electron chi connectivity index (χ4n) is 2.14. The standard InChI is InChI=1S/C18H12ClF3N4O/c19-11-3-1-10(2-4-11)7-24-15-9-23-14(8-25-15)18(27)26-13-6-5-12(20)16(21)17(13)22/h1-6,8-9H,7H2,(H,24,25)(H,26,27). The molecule has 3 aromatic rings. The SMILES string of the molecule is O=C(Nc1ccc(F)c(F)c1F)c1cnc(NCc2ccc(Cl)cc2)cn1. The minimum atomic E-state index is -1.67. The quantitative estimate of drug-likeness (QED) is 0.631. The van der Waals surface area contributed by atoms with Gasteiger partial charge in [0.05, 0.1) is 18.1 Å². The van der Waals surface area contributed by atoms with Gasteiger partial charge in [0.2, 0.25) is 0 Å². The molecule has 0 bridgehead atoms. The molecule has 27 heavy (non-hydrogen) atoms. The fraction of sp³-hybridized carbons (Fsp3) is 0.0556. The zero-order valence-electron chi connectivity index (χ0n) is 13.6. The highest BCUT2D eigenvalue weighted by Crippen LogP contribution is 2.20. The third-order valence-electron chi connectivity index (χ3n) is 3.55. The monoisotopic (exact) mass is 392 g/mol. The number of nitrogens with one attached hydrogen (secondary N) is 2. The van der Waals surface area contributed by atoms with Crippen molar-refractivity contribution in [2.75, 3.05) is 10.6 Å². The molecule has 9 heteroatoms. The number of hydrogen-bond acceptors (Lipinski definition) is 4. The fourth-order valence-corrected chi connectivity index (χ4v) is 2.27. The van der Waals surface area contributed by atoms with Gasteiger partial charge in [-0.2, -0.15) is 0 Å². The molecule has 138 valence electrons. The molecule has 0 aliphatic rings. The highest BCUT2D eigenvalue weighted by Gasteiger charge is 2.16. The molecule has 2 N–H and O–H groups in total. The molecule has 0 saturated carbocycles. The van der Waals surface area contributed by atoms with E-state index in [1.54, 1.807) is 12.1 Å². The molecular weight excluding hydrogens is 381 g/mol. The number of carbonyl (C=O) groups excluding carboxylic acids is 1. The van der Waals surface area contributed by atoms with Gasteiger partial charge in [-0.25, -0.2) is 23.1 Å². The van der Waals surface area contributed by atoms with E-state index in [0.717, 1.165) is 11.6 Å². The normalized spacial score (nSPS) is 10.5. The van der Waals surface area contributed by atoms with Crippen molar-refractivity contribution in [2.45, 2.75) is 6.54 Å². The molecule has 2 aromatic carbocycles. The largest absolute Gasteiger partial charge is 0.365 e. The number of rotatable bonds is 5. The predicted molar refractivity (Wildman–Crippen MR) is 95.1 cm³/mol. The second-order valence-corrected chi connectivity index (χ2v) is 5.88. The lowest BCUT2D eigenvalue weighted by molar-refractivity contribution is 0.102. The van der Waals surface area contributed by atoms with E-state index >= 15 is 0 Å². The summed E-state index contributed by atoms with van der Waals surface area (Å²) in [6.07, 6.45) is 2.50. The maximum Gasteiger partial charge on any atom is 0.275 e. The molecule has 0 atom stereocenters. The van der Waals surface area contributed by atoms with E-state index in [9.17, 15) is 18.0 Å². The Labute approximate surface area is 157 Å². The van der Waals surface area contributed by atoms with Crippen molar-refractivity contribution in [3.8, 4) is 0 Å². The smallest absolute Gasteiger partial charge is 0.275 e. The Balaban J connectivity index is 1.63. The van der Waals surface area contributed by atoms with Crippen LogP contribution in [0.15, 0.2) is 48.8 Å². The van der Waals surface area contributed by atoms with Gasteiger partial charge in [0, 0.05) is 11.6 Å². The Hall–Kier alpha value is -3.13. The van der Waals surface area contributed by atoms with Gasteiger partial charge in [-0.3, -0.25) is 4.79 Å². The molecule has 5 nitrogen and oxygen atoms in total. The van der Waals surface area contributed by atoms with Crippen molar-refractivity contribution in [2.24, 2.45) is 0 Å². The second kappa shape index (κ2) is 8.05. The highest BCUT2D eigenvalue weighted by atomic mass is 35.5. The van der Waals surface area contributed by atoms with Crippen LogP contribution in [0.4, 0.5) is 24.7 Å². The molecule has 1 amide bonds. The first-order valence-corrected chi connectivity index (χ1v) is 8.07. The van der Waals surface area contributed by atoms with Gasteiger partial charge >= 0.3 is 0 Å². The topological polar surface area (TPSA) is 66.9 Å². The van der Waals surface area contributed by atoms with Gasteiger partial charge in [-0.1, -0.05) is 23.7 Å².